The smallest absolute Gasteiger partial charge is 0.227 e. The molecular weight excluding hydrogens is 296 g/mol. The van der Waals surface area contributed by atoms with Gasteiger partial charge in [-0.15, -0.1) is 0 Å². The molecule has 0 radical (unpaired) electrons. The van der Waals surface area contributed by atoms with Gasteiger partial charge in [-0.25, -0.2) is 0 Å². The van der Waals surface area contributed by atoms with E-state index in [0.29, 0.717) is 30.3 Å². The Labute approximate surface area is 137 Å². The summed E-state index contributed by atoms with van der Waals surface area (Å²) >= 11 is 0. The average molecular weight is 322 g/mol. The van der Waals surface area contributed by atoms with Crippen LogP contribution in [0.3, 0.4) is 0 Å². The maximum absolute atomic E-state index is 12.5. The Morgan fingerprint density at radius 1 is 1.17 bits per heavy atom. The Morgan fingerprint density at radius 2 is 1.83 bits per heavy atom. The molecule has 1 aliphatic heterocycles. The van der Waals surface area contributed by atoms with E-state index in [1.54, 1.807) is 27.4 Å². The van der Waals surface area contributed by atoms with Gasteiger partial charge in [0.05, 0.1) is 26.7 Å². The molecule has 0 bridgehead atoms. The van der Waals surface area contributed by atoms with Crippen LogP contribution in [0, 0.1) is 5.41 Å². The molecule has 1 aromatic rings. The minimum absolute atomic E-state index is 0.0570. The molecule has 2 rings (SSSR count). The van der Waals surface area contributed by atoms with Crippen molar-refractivity contribution in [1.29, 1.82) is 0 Å². The third-order valence-corrected chi connectivity index (χ3v) is 4.37. The van der Waals surface area contributed by atoms with Gasteiger partial charge >= 0.3 is 0 Å². The number of rotatable bonds is 6. The molecule has 6 nitrogen and oxygen atoms in total. The first-order valence-electron chi connectivity index (χ1n) is 7.82. The highest BCUT2D eigenvalue weighted by Gasteiger charge is 2.34. The van der Waals surface area contributed by atoms with Crippen LogP contribution in [0.1, 0.15) is 25.3 Å². The van der Waals surface area contributed by atoms with E-state index in [1.807, 2.05) is 13.0 Å². The Kier molecular flexibility index (Phi) is 5.71. The standard InChI is InChI=1S/C17H26N2O4/c1-17(6-5-7-18-11-17)16(20)19-10-12-8-14(22-3)15(23-4)9-13(12)21-2/h8-9,18H,5-7,10-11H2,1-4H3,(H,19,20). The lowest BCUT2D eigenvalue weighted by atomic mass is 9.82. The van der Waals surface area contributed by atoms with Gasteiger partial charge in [0.2, 0.25) is 5.91 Å². The van der Waals surface area contributed by atoms with Gasteiger partial charge in [-0.1, -0.05) is 0 Å². The monoisotopic (exact) mass is 322 g/mol. The molecule has 6 heteroatoms. The first kappa shape index (κ1) is 17.4. The third kappa shape index (κ3) is 3.88. The topological polar surface area (TPSA) is 68.8 Å². The van der Waals surface area contributed by atoms with Gasteiger partial charge in [0.25, 0.3) is 0 Å². The summed E-state index contributed by atoms with van der Waals surface area (Å²) in [6, 6.07) is 3.60. The molecule has 1 fully saturated rings. The molecule has 128 valence electrons. The Balaban J connectivity index is 2.11. The molecule has 0 aliphatic carbocycles. The molecule has 1 aliphatic rings. The van der Waals surface area contributed by atoms with Gasteiger partial charge in [-0.2, -0.15) is 0 Å². The van der Waals surface area contributed by atoms with Gasteiger partial charge in [-0.3, -0.25) is 4.79 Å². The zero-order chi connectivity index (χ0) is 16.9. The molecule has 0 aromatic heterocycles. The van der Waals surface area contributed by atoms with E-state index in [1.165, 1.54) is 0 Å². The number of hydrogen-bond acceptors (Lipinski definition) is 5. The van der Waals surface area contributed by atoms with E-state index in [0.717, 1.165) is 24.9 Å². The number of methoxy groups -OCH3 is 3. The Morgan fingerprint density at radius 3 is 2.39 bits per heavy atom. The molecule has 23 heavy (non-hydrogen) atoms. The Hall–Kier alpha value is -1.95. The molecule has 1 aromatic carbocycles. The molecule has 0 saturated carbocycles. The van der Waals surface area contributed by atoms with E-state index < -0.39 is 0 Å². The maximum atomic E-state index is 12.5. The second-order valence-electron chi connectivity index (χ2n) is 6.04. The number of carbonyl (C=O) groups excluding carboxylic acids is 1. The average Bonchev–Trinajstić information content (AvgIpc) is 2.59. The van der Waals surface area contributed by atoms with Crippen molar-refractivity contribution in [3.8, 4) is 17.2 Å². The predicted octanol–water partition coefficient (Wildman–Crippen LogP) is 1.72. The highest BCUT2D eigenvalue weighted by molar-refractivity contribution is 5.82. The number of carbonyl (C=O) groups is 1. The Bertz CT molecular complexity index is 554. The molecular formula is C17H26N2O4. The van der Waals surface area contributed by atoms with E-state index in [-0.39, 0.29) is 11.3 Å². The summed E-state index contributed by atoms with van der Waals surface area (Å²) in [6.45, 7) is 4.08. The predicted molar refractivity (Wildman–Crippen MR) is 88.2 cm³/mol. The minimum atomic E-state index is -0.359. The van der Waals surface area contributed by atoms with Crippen molar-refractivity contribution in [2.75, 3.05) is 34.4 Å². The van der Waals surface area contributed by atoms with Crippen molar-refractivity contribution in [2.45, 2.75) is 26.3 Å². The van der Waals surface area contributed by atoms with Crippen LogP contribution in [0.2, 0.25) is 0 Å². The summed E-state index contributed by atoms with van der Waals surface area (Å²) in [5.74, 6) is 1.93. The van der Waals surface area contributed by atoms with Crippen molar-refractivity contribution in [3.05, 3.63) is 17.7 Å². The quantitative estimate of drug-likeness (QED) is 0.834. The number of ether oxygens (including phenoxy) is 3. The second-order valence-corrected chi connectivity index (χ2v) is 6.04. The second kappa shape index (κ2) is 7.55. The maximum Gasteiger partial charge on any atom is 0.227 e. The van der Waals surface area contributed by atoms with Crippen molar-refractivity contribution in [3.63, 3.8) is 0 Å². The summed E-state index contributed by atoms with van der Waals surface area (Å²) in [5.41, 5.74) is 0.494. The third-order valence-electron chi connectivity index (χ3n) is 4.37. The largest absolute Gasteiger partial charge is 0.496 e. The zero-order valence-corrected chi connectivity index (χ0v) is 14.3. The van der Waals surface area contributed by atoms with E-state index >= 15 is 0 Å². The van der Waals surface area contributed by atoms with Crippen LogP contribution in [-0.2, 0) is 11.3 Å². The normalized spacial score (nSPS) is 20.7. The highest BCUT2D eigenvalue weighted by atomic mass is 16.5. The number of hydrogen-bond donors (Lipinski definition) is 2. The fourth-order valence-corrected chi connectivity index (χ4v) is 2.87. The van der Waals surface area contributed by atoms with E-state index in [2.05, 4.69) is 10.6 Å². The van der Waals surface area contributed by atoms with Crippen LogP contribution in [0.4, 0.5) is 0 Å². The first-order chi connectivity index (χ1) is 11.0. The number of benzene rings is 1. The van der Waals surface area contributed by atoms with Gasteiger partial charge in [0, 0.05) is 24.7 Å². The van der Waals surface area contributed by atoms with Crippen LogP contribution < -0.4 is 24.8 Å². The fraction of sp³-hybridized carbons (Fsp3) is 0.588. The number of piperidine rings is 1. The lowest BCUT2D eigenvalue weighted by Gasteiger charge is -2.32. The van der Waals surface area contributed by atoms with Gasteiger partial charge < -0.3 is 24.8 Å². The van der Waals surface area contributed by atoms with Gasteiger partial charge in [-0.05, 0) is 32.4 Å². The van der Waals surface area contributed by atoms with Crippen molar-refractivity contribution in [2.24, 2.45) is 5.41 Å². The van der Waals surface area contributed by atoms with Gasteiger partial charge in [0.15, 0.2) is 11.5 Å². The molecule has 2 N–H and O–H groups in total. The number of nitrogens with one attached hydrogen (secondary N) is 2. The van der Waals surface area contributed by atoms with Crippen LogP contribution >= 0.6 is 0 Å². The SMILES string of the molecule is COc1cc(OC)c(OC)cc1CNC(=O)C1(C)CCCNC1. The molecule has 1 heterocycles. The summed E-state index contributed by atoms with van der Waals surface area (Å²) in [7, 11) is 4.76. The van der Waals surface area contributed by atoms with Crippen LogP contribution in [0.5, 0.6) is 17.2 Å². The molecule has 1 atom stereocenters. The van der Waals surface area contributed by atoms with Crippen molar-refractivity contribution < 1.29 is 19.0 Å². The zero-order valence-electron chi connectivity index (χ0n) is 14.3. The summed E-state index contributed by atoms with van der Waals surface area (Å²) in [4.78, 5) is 12.5. The van der Waals surface area contributed by atoms with E-state index in [9.17, 15) is 4.79 Å². The van der Waals surface area contributed by atoms with Crippen LogP contribution in [-0.4, -0.2) is 40.3 Å². The van der Waals surface area contributed by atoms with Gasteiger partial charge in [0.1, 0.15) is 5.75 Å². The van der Waals surface area contributed by atoms with Crippen molar-refractivity contribution >= 4 is 5.91 Å². The van der Waals surface area contributed by atoms with Crippen molar-refractivity contribution in [1.82, 2.24) is 10.6 Å². The first-order valence-corrected chi connectivity index (χ1v) is 7.82. The molecule has 1 saturated heterocycles. The summed E-state index contributed by atoms with van der Waals surface area (Å²) in [5, 5.41) is 6.31. The fourth-order valence-electron chi connectivity index (χ4n) is 2.87. The van der Waals surface area contributed by atoms with Crippen LogP contribution in [0.15, 0.2) is 12.1 Å². The minimum Gasteiger partial charge on any atom is -0.496 e. The molecule has 1 unspecified atom stereocenters. The highest BCUT2D eigenvalue weighted by Crippen LogP contribution is 2.34. The molecule has 1 amide bonds. The lowest BCUT2D eigenvalue weighted by Crippen LogP contribution is -2.48. The molecule has 0 spiro atoms. The van der Waals surface area contributed by atoms with Crippen LogP contribution in [0.25, 0.3) is 0 Å². The summed E-state index contributed by atoms with van der Waals surface area (Å²) < 4.78 is 16.0. The van der Waals surface area contributed by atoms with E-state index in [4.69, 9.17) is 14.2 Å². The summed E-state index contributed by atoms with van der Waals surface area (Å²) in [6.07, 6.45) is 1.92. The number of amides is 1. The lowest BCUT2D eigenvalue weighted by molar-refractivity contribution is -0.131.